The predicted octanol–water partition coefficient (Wildman–Crippen LogP) is 6.72. The number of Topliss-reactive ketones (excluding diaryl/α,β-unsaturated/α-hetero) is 1. The zero-order valence-corrected chi connectivity index (χ0v) is 19.9. The lowest BCUT2D eigenvalue weighted by atomic mass is 10.1. The number of thiophene rings is 1. The fraction of sp³-hybridized carbons (Fsp3) is 0.167. The van der Waals surface area contributed by atoms with E-state index in [1.165, 1.54) is 25.0 Å². The highest BCUT2D eigenvalue weighted by Gasteiger charge is 2.22. The molecule has 4 rings (SSSR count). The van der Waals surface area contributed by atoms with Gasteiger partial charge >= 0.3 is 0 Å². The number of nitrogens with zero attached hydrogens (tertiary/aromatic N) is 2. The fourth-order valence-corrected chi connectivity index (χ4v) is 5.42. The molecular formula is C24H20ClN3O2S2. The summed E-state index contributed by atoms with van der Waals surface area (Å²) in [6, 6.07) is 14.6. The second kappa shape index (κ2) is 9.81. The fourth-order valence-electron chi connectivity index (χ4n) is 3.27. The second-order valence-corrected chi connectivity index (χ2v) is 9.64. The van der Waals surface area contributed by atoms with Crippen molar-refractivity contribution in [2.24, 2.45) is 0 Å². The van der Waals surface area contributed by atoms with E-state index in [9.17, 15) is 9.59 Å². The van der Waals surface area contributed by atoms with Gasteiger partial charge in [0.25, 0.3) is 0 Å². The zero-order chi connectivity index (χ0) is 22.7. The van der Waals surface area contributed by atoms with Gasteiger partial charge in [-0.15, -0.1) is 11.3 Å². The van der Waals surface area contributed by atoms with Gasteiger partial charge in [-0.1, -0.05) is 54.6 Å². The maximum absolute atomic E-state index is 13.0. The molecule has 1 N–H and O–H groups in total. The molecule has 0 aliphatic rings. The smallest absolute Gasteiger partial charge is 0.237 e. The Labute approximate surface area is 199 Å². The van der Waals surface area contributed by atoms with Crippen LogP contribution in [0.4, 0.5) is 5.69 Å². The Morgan fingerprint density at radius 3 is 2.66 bits per heavy atom. The highest BCUT2D eigenvalue weighted by molar-refractivity contribution is 8.00. The van der Waals surface area contributed by atoms with Crippen LogP contribution in [0.2, 0.25) is 5.02 Å². The molecule has 0 fully saturated rings. The van der Waals surface area contributed by atoms with Crippen molar-refractivity contribution >= 4 is 62.3 Å². The van der Waals surface area contributed by atoms with Crippen LogP contribution < -0.4 is 5.32 Å². The number of hydrogen-bond donors (Lipinski definition) is 1. The molecule has 5 nitrogen and oxygen atoms in total. The van der Waals surface area contributed by atoms with E-state index in [0.29, 0.717) is 22.7 Å². The van der Waals surface area contributed by atoms with Gasteiger partial charge in [0, 0.05) is 27.2 Å². The molecule has 1 amide bonds. The van der Waals surface area contributed by atoms with Crippen LogP contribution in [0.1, 0.15) is 30.6 Å². The summed E-state index contributed by atoms with van der Waals surface area (Å²) in [6.45, 7) is 3.47. The molecule has 2 aromatic heterocycles. The number of anilines is 1. The van der Waals surface area contributed by atoms with E-state index in [2.05, 4.69) is 20.7 Å². The molecule has 4 aromatic rings. The van der Waals surface area contributed by atoms with Gasteiger partial charge in [-0.05, 0) is 43.2 Å². The van der Waals surface area contributed by atoms with E-state index in [4.69, 9.17) is 11.6 Å². The Bertz CT molecular complexity index is 1290. The number of fused-ring (bicyclic) bond motifs is 1. The number of thioether (sulfide) groups is 1. The van der Waals surface area contributed by atoms with Gasteiger partial charge < -0.3 is 5.32 Å². The number of nitrogens with one attached hydrogen (secondary N) is 1. The summed E-state index contributed by atoms with van der Waals surface area (Å²) >= 11 is 9.02. The molecule has 0 spiro atoms. The molecule has 0 saturated heterocycles. The molecule has 0 aliphatic carbocycles. The lowest BCUT2D eigenvalue weighted by Gasteiger charge is -2.15. The quantitative estimate of drug-likeness (QED) is 0.180. The lowest BCUT2D eigenvalue weighted by Crippen LogP contribution is -2.24. The minimum absolute atomic E-state index is 0.0434. The summed E-state index contributed by atoms with van der Waals surface area (Å²) in [6.07, 6.45) is 2.16. The highest BCUT2D eigenvalue weighted by Crippen LogP contribution is 2.39. The predicted molar refractivity (Wildman–Crippen MR) is 133 cm³/mol. The van der Waals surface area contributed by atoms with Gasteiger partial charge in [-0.25, -0.2) is 9.97 Å². The minimum atomic E-state index is -0.355. The van der Waals surface area contributed by atoms with Crippen molar-refractivity contribution in [3.63, 3.8) is 0 Å². The number of benzene rings is 2. The van der Waals surface area contributed by atoms with Crippen molar-refractivity contribution in [1.29, 1.82) is 0 Å². The second-order valence-electron chi connectivity index (χ2n) is 7.16. The highest BCUT2D eigenvalue weighted by atomic mass is 35.5. The molecule has 2 aromatic carbocycles. The number of halogens is 1. The Hall–Kier alpha value is -2.74. The van der Waals surface area contributed by atoms with Gasteiger partial charge in [0.15, 0.2) is 5.78 Å². The van der Waals surface area contributed by atoms with Crippen LogP contribution in [0.5, 0.6) is 0 Å². The summed E-state index contributed by atoms with van der Waals surface area (Å²) in [7, 11) is 0. The topological polar surface area (TPSA) is 72.0 Å². The third kappa shape index (κ3) is 4.85. The van der Waals surface area contributed by atoms with Crippen molar-refractivity contribution in [3.05, 3.63) is 70.8 Å². The summed E-state index contributed by atoms with van der Waals surface area (Å²) < 4.78 is 0. The van der Waals surface area contributed by atoms with E-state index >= 15 is 0 Å². The largest absolute Gasteiger partial charge is 0.325 e. The van der Waals surface area contributed by atoms with E-state index in [1.807, 2.05) is 31.2 Å². The Morgan fingerprint density at radius 2 is 1.94 bits per heavy atom. The van der Waals surface area contributed by atoms with Gasteiger partial charge in [-0.3, -0.25) is 9.59 Å². The zero-order valence-electron chi connectivity index (χ0n) is 17.5. The average Bonchev–Trinajstić information content (AvgIpc) is 3.23. The normalized spacial score (nSPS) is 12.0. The maximum atomic E-state index is 13.0. The molecule has 0 aliphatic heterocycles. The van der Waals surface area contributed by atoms with Gasteiger partial charge in [0.05, 0.1) is 10.6 Å². The third-order valence-electron chi connectivity index (χ3n) is 4.94. The van der Waals surface area contributed by atoms with Crippen molar-refractivity contribution < 1.29 is 9.59 Å². The first kappa shape index (κ1) is 22.5. The van der Waals surface area contributed by atoms with E-state index < -0.39 is 0 Å². The van der Waals surface area contributed by atoms with Crippen LogP contribution in [0.15, 0.2) is 65.3 Å². The van der Waals surface area contributed by atoms with Crippen molar-refractivity contribution in [2.75, 3.05) is 5.32 Å². The number of amides is 1. The number of ketones is 1. The standard InChI is InChI=1S/C24H20ClN3O2S2/c1-3-20(22(30)28-18-6-4-5-16(11-18)14(2)29)32-24-21-19(12-31-23(21)26-13-27-24)15-7-9-17(25)10-8-15/h4-13,20H,3H2,1-2H3,(H,28,30). The lowest BCUT2D eigenvalue weighted by molar-refractivity contribution is -0.115. The first-order chi connectivity index (χ1) is 15.5. The Kier molecular flexibility index (Phi) is 6.89. The summed E-state index contributed by atoms with van der Waals surface area (Å²) in [5.74, 6) is -0.175. The SMILES string of the molecule is CCC(Sc1ncnc2scc(-c3ccc(Cl)cc3)c12)C(=O)Nc1cccc(C(C)=O)c1. The molecule has 2 heterocycles. The number of aromatic nitrogens is 2. The van der Waals surface area contributed by atoms with Crippen LogP contribution in [0, 0.1) is 0 Å². The number of carbonyl (C=O) groups excluding carboxylic acids is 2. The minimum Gasteiger partial charge on any atom is -0.325 e. The van der Waals surface area contributed by atoms with Crippen LogP contribution in [-0.2, 0) is 4.79 Å². The molecular weight excluding hydrogens is 462 g/mol. The molecule has 32 heavy (non-hydrogen) atoms. The molecule has 0 bridgehead atoms. The molecule has 8 heteroatoms. The van der Waals surface area contributed by atoms with Crippen LogP contribution in [0.3, 0.4) is 0 Å². The van der Waals surface area contributed by atoms with Gasteiger partial charge in [0.1, 0.15) is 16.2 Å². The van der Waals surface area contributed by atoms with Crippen molar-refractivity contribution in [1.82, 2.24) is 9.97 Å². The van der Waals surface area contributed by atoms with Gasteiger partial charge in [0.2, 0.25) is 5.91 Å². The summed E-state index contributed by atoms with van der Waals surface area (Å²) in [5.41, 5.74) is 3.21. The number of carbonyl (C=O) groups is 2. The average molecular weight is 482 g/mol. The molecule has 162 valence electrons. The van der Waals surface area contributed by atoms with Crippen molar-refractivity contribution in [3.8, 4) is 11.1 Å². The van der Waals surface area contributed by atoms with Crippen LogP contribution in [-0.4, -0.2) is 26.9 Å². The van der Waals surface area contributed by atoms with Gasteiger partial charge in [-0.2, -0.15) is 0 Å². The third-order valence-corrected chi connectivity index (χ3v) is 7.45. The molecule has 0 radical (unpaired) electrons. The van der Waals surface area contributed by atoms with E-state index in [0.717, 1.165) is 26.4 Å². The van der Waals surface area contributed by atoms with E-state index in [1.54, 1.807) is 35.6 Å². The Balaban J connectivity index is 1.62. The first-order valence-corrected chi connectivity index (χ1v) is 12.2. The van der Waals surface area contributed by atoms with Crippen LogP contribution >= 0.6 is 34.7 Å². The Morgan fingerprint density at radius 1 is 1.16 bits per heavy atom. The summed E-state index contributed by atoms with van der Waals surface area (Å²) in [5, 5.41) is 7.02. The monoisotopic (exact) mass is 481 g/mol. The van der Waals surface area contributed by atoms with Crippen LogP contribution in [0.25, 0.3) is 21.3 Å². The van der Waals surface area contributed by atoms with Crippen molar-refractivity contribution in [2.45, 2.75) is 30.5 Å². The number of hydrogen-bond acceptors (Lipinski definition) is 6. The van der Waals surface area contributed by atoms with E-state index in [-0.39, 0.29) is 16.9 Å². The molecule has 1 unspecified atom stereocenters. The summed E-state index contributed by atoms with van der Waals surface area (Å²) in [4.78, 5) is 34.5. The molecule has 1 atom stereocenters. The molecule has 0 saturated carbocycles. The number of rotatable bonds is 7. The first-order valence-electron chi connectivity index (χ1n) is 10.0. The maximum Gasteiger partial charge on any atom is 0.237 e.